The molecule has 2 aromatic heterocycles. The molecule has 3 nitrogen and oxygen atoms in total. The number of thiophene rings is 1. The zero-order valence-corrected chi connectivity index (χ0v) is 11.5. The highest BCUT2D eigenvalue weighted by Crippen LogP contribution is 2.39. The van der Waals surface area contributed by atoms with E-state index in [0.29, 0.717) is 0 Å². The first-order chi connectivity index (χ1) is 9.52. The van der Waals surface area contributed by atoms with Gasteiger partial charge < -0.3 is 5.32 Å². The van der Waals surface area contributed by atoms with Gasteiger partial charge in [0, 0.05) is 17.8 Å². The average Bonchev–Trinajstić information content (AvgIpc) is 3.11. The van der Waals surface area contributed by atoms with Gasteiger partial charge >= 0.3 is 6.18 Å². The summed E-state index contributed by atoms with van der Waals surface area (Å²) >= 11 is 2.36. The van der Waals surface area contributed by atoms with Crippen molar-refractivity contribution in [3.63, 3.8) is 0 Å². The Bertz CT molecular complexity index is 658. The van der Waals surface area contributed by atoms with E-state index in [1.807, 2.05) is 17.5 Å². The van der Waals surface area contributed by atoms with E-state index in [9.17, 15) is 13.2 Å². The highest BCUT2D eigenvalue weighted by atomic mass is 32.1. The van der Waals surface area contributed by atoms with Gasteiger partial charge in [0.25, 0.3) is 0 Å². The molecule has 0 radical (unpaired) electrons. The third-order valence-corrected chi connectivity index (χ3v) is 4.65. The Kier molecular flexibility index (Phi) is 3.14. The average molecular weight is 315 g/mol. The molecule has 1 atom stereocenters. The number of nitrogens with one attached hydrogen (secondary N) is 1. The van der Waals surface area contributed by atoms with Crippen LogP contribution in [0.25, 0.3) is 0 Å². The summed E-state index contributed by atoms with van der Waals surface area (Å²) in [6.45, 7) is 0. The molecule has 3 rings (SSSR count). The normalized spacial score (nSPS) is 21.9. The summed E-state index contributed by atoms with van der Waals surface area (Å²) in [5, 5.41) is 6.17. The lowest BCUT2D eigenvalue weighted by Crippen LogP contribution is -2.39. The lowest BCUT2D eigenvalue weighted by molar-refractivity contribution is -0.140. The Balaban J connectivity index is 2.10. The number of rotatable bonds is 2. The third-order valence-electron chi connectivity index (χ3n) is 2.72. The molecular weight excluding hydrogens is 307 g/mol. The molecule has 1 N–H and O–H groups in total. The van der Waals surface area contributed by atoms with Crippen LogP contribution in [-0.2, 0) is 11.8 Å². The van der Waals surface area contributed by atoms with Crippen molar-refractivity contribution in [3.8, 4) is 0 Å². The highest BCUT2D eigenvalue weighted by Gasteiger charge is 2.41. The Hall–Kier alpha value is -1.67. The molecule has 0 saturated heterocycles. The van der Waals surface area contributed by atoms with E-state index in [2.05, 4.69) is 15.3 Å². The van der Waals surface area contributed by atoms with Crippen molar-refractivity contribution in [1.82, 2.24) is 10.3 Å². The Morgan fingerprint density at radius 3 is 2.65 bits per heavy atom. The Morgan fingerprint density at radius 2 is 2.10 bits per heavy atom. The first-order valence-electron chi connectivity index (χ1n) is 5.57. The largest absolute Gasteiger partial charge is 0.434 e. The van der Waals surface area contributed by atoms with Crippen LogP contribution in [-0.4, -0.2) is 11.2 Å². The number of nitrogens with zero attached hydrogens (tertiary/aromatic N) is 2. The molecule has 8 heteroatoms. The number of aliphatic imine (C=N–C) groups is 1. The van der Waals surface area contributed by atoms with Crippen molar-refractivity contribution in [2.24, 2.45) is 4.99 Å². The minimum absolute atomic E-state index is 0.271. The van der Waals surface area contributed by atoms with Crippen LogP contribution in [0.3, 0.4) is 0 Å². The molecule has 1 aliphatic rings. The van der Waals surface area contributed by atoms with E-state index in [0.717, 1.165) is 21.6 Å². The fourth-order valence-corrected chi connectivity index (χ4v) is 3.67. The number of hydrogen-bond acceptors (Lipinski definition) is 5. The maximum Gasteiger partial charge on any atom is 0.434 e. The SMILES string of the molecule is FC(F)(F)c1csc(C2(c3cccs3)N=CC=CN2)n1. The van der Waals surface area contributed by atoms with Crippen LogP contribution >= 0.6 is 22.7 Å². The van der Waals surface area contributed by atoms with Gasteiger partial charge in [-0.2, -0.15) is 13.2 Å². The van der Waals surface area contributed by atoms with E-state index in [4.69, 9.17) is 0 Å². The second kappa shape index (κ2) is 4.71. The molecule has 1 aliphatic heterocycles. The van der Waals surface area contributed by atoms with Gasteiger partial charge in [-0.3, -0.25) is 4.99 Å². The van der Waals surface area contributed by atoms with Gasteiger partial charge in [0.1, 0.15) is 5.01 Å². The zero-order valence-electron chi connectivity index (χ0n) is 9.89. The first kappa shape index (κ1) is 13.3. The summed E-state index contributed by atoms with van der Waals surface area (Å²) in [4.78, 5) is 8.85. The summed E-state index contributed by atoms with van der Waals surface area (Å²) < 4.78 is 38.1. The third kappa shape index (κ3) is 2.14. The van der Waals surface area contributed by atoms with Crippen LogP contribution in [0, 0.1) is 0 Å². The summed E-state index contributed by atoms with van der Waals surface area (Å²) in [6, 6.07) is 3.65. The number of halogens is 3. The van der Waals surface area contributed by atoms with E-state index in [-0.39, 0.29) is 5.01 Å². The lowest BCUT2D eigenvalue weighted by Gasteiger charge is -2.28. The molecule has 0 fully saturated rings. The fraction of sp³-hybridized carbons (Fsp3) is 0.167. The van der Waals surface area contributed by atoms with Crippen molar-refractivity contribution in [3.05, 3.63) is 50.7 Å². The summed E-state index contributed by atoms with van der Waals surface area (Å²) in [7, 11) is 0. The van der Waals surface area contributed by atoms with E-state index in [1.54, 1.807) is 18.5 Å². The monoisotopic (exact) mass is 315 g/mol. The number of aromatic nitrogens is 1. The molecule has 0 aliphatic carbocycles. The standard InChI is InChI=1S/C12H8F3N3S2/c13-12(14,15)8-7-20-10(18-8)11(9-3-1-6-19-9)16-4-2-5-17-11/h1-7,16H. The van der Waals surface area contributed by atoms with Crippen molar-refractivity contribution in [1.29, 1.82) is 0 Å². The summed E-state index contributed by atoms with van der Waals surface area (Å²) in [5.74, 6) is 0. The molecule has 104 valence electrons. The maximum absolute atomic E-state index is 12.7. The van der Waals surface area contributed by atoms with Gasteiger partial charge in [-0.25, -0.2) is 4.98 Å². The van der Waals surface area contributed by atoms with Crippen molar-refractivity contribution in [2.45, 2.75) is 11.8 Å². The molecule has 2 aromatic rings. The van der Waals surface area contributed by atoms with Crippen LogP contribution in [0.5, 0.6) is 0 Å². The van der Waals surface area contributed by atoms with E-state index >= 15 is 0 Å². The number of thiazole rings is 1. The minimum atomic E-state index is -4.44. The number of alkyl halides is 3. The fourth-order valence-electron chi connectivity index (χ4n) is 1.82. The van der Waals surface area contributed by atoms with Crippen LogP contribution < -0.4 is 5.32 Å². The lowest BCUT2D eigenvalue weighted by atomic mass is 10.1. The maximum atomic E-state index is 12.7. The van der Waals surface area contributed by atoms with E-state index in [1.165, 1.54) is 11.3 Å². The van der Waals surface area contributed by atoms with Crippen LogP contribution in [0.4, 0.5) is 13.2 Å². The minimum Gasteiger partial charge on any atom is -0.357 e. The van der Waals surface area contributed by atoms with Crippen LogP contribution in [0.2, 0.25) is 0 Å². The van der Waals surface area contributed by atoms with Crippen molar-refractivity contribution >= 4 is 28.9 Å². The number of hydrogen-bond donors (Lipinski definition) is 1. The molecule has 0 aromatic carbocycles. The topological polar surface area (TPSA) is 37.3 Å². The molecule has 0 spiro atoms. The molecule has 0 bridgehead atoms. The van der Waals surface area contributed by atoms with Gasteiger partial charge in [-0.1, -0.05) is 6.07 Å². The second-order valence-electron chi connectivity index (χ2n) is 4.00. The second-order valence-corrected chi connectivity index (χ2v) is 5.81. The smallest absolute Gasteiger partial charge is 0.357 e. The van der Waals surface area contributed by atoms with Gasteiger partial charge in [0.05, 0.1) is 4.88 Å². The molecule has 0 amide bonds. The Morgan fingerprint density at radius 1 is 1.25 bits per heavy atom. The Labute approximate surface area is 120 Å². The molecular formula is C12H8F3N3S2. The quantitative estimate of drug-likeness (QED) is 0.919. The zero-order chi connectivity index (χ0) is 14.2. The number of allylic oxidation sites excluding steroid dienone is 1. The highest BCUT2D eigenvalue weighted by molar-refractivity contribution is 7.11. The molecule has 20 heavy (non-hydrogen) atoms. The van der Waals surface area contributed by atoms with Gasteiger partial charge in [0.15, 0.2) is 5.69 Å². The summed E-state index contributed by atoms with van der Waals surface area (Å²) in [6.07, 6.45) is 0.454. The predicted octanol–water partition coefficient (Wildman–Crippen LogP) is 3.61. The first-order valence-corrected chi connectivity index (χ1v) is 7.33. The van der Waals surface area contributed by atoms with Gasteiger partial charge in [0.2, 0.25) is 5.66 Å². The molecule has 3 heterocycles. The van der Waals surface area contributed by atoms with E-state index < -0.39 is 17.5 Å². The predicted molar refractivity (Wildman–Crippen MR) is 73.0 cm³/mol. The molecule has 1 unspecified atom stereocenters. The van der Waals surface area contributed by atoms with Crippen molar-refractivity contribution < 1.29 is 13.2 Å². The molecule has 0 saturated carbocycles. The van der Waals surface area contributed by atoms with Crippen molar-refractivity contribution in [2.75, 3.05) is 0 Å². The summed E-state index contributed by atoms with van der Waals surface area (Å²) in [5.41, 5.74) is -1.95. The van der Waals surface area contributed by atoms with Crippen LogP contribution in [0.1, 0.15) is 15.6 Å². The van der Waals surface area contributed by atoms with Gasteiger partial charge in [-0.05, 0) is 17.5 Å². The van der Waals surface area contributed by atoms with Crippen LogP contribution in [0.15, 0.2) is 40.2 Å². The van der Waals surface area contributed by atoms with Gasteiger partial charge in [-0.15, -0.1) is 22.7 Å².